The highest BCUT2D eigenvalue weighted by atomic mass is 32.2. The Labute approximate surface area is 166 Å². The molecule has 0 saturated heterocycles. The molecule has 0 bridgehead atoms. The average Bonchev–Trinajstić information content (AvgIpc) is 3.32. The van der Waals surface area contributed by atoms with E-state index >= 15 is 0 Å². The molecule has 28 heavy (non-hydrogen) atoms. The minimum Gasteiger partial charge on any atom is -0.465 e. The lowest BCUT2D eigenvalue weighted by atomic mass is 9.99. The number of hydrogen-bond donors (Lipinski definition) is 1. The summed E-state index contributed by atoms with van der Waals surface area (Å²) in [4.78, 5) is 17.0. The Morgan fingerprint density at radius 1 is 1.29 bits per heavy atom. The van der Waals surface area contributed by atoms with Crippen molar-refractivity contribution in [3.05, 3.63) is 65.3 Å². The Morgan fingerprint density at radius 3 is 2.79 bits per heavy atom. The molecule has 3 rings (SSSR count). The van der Waals surface area contributed by atoms with Crippen LogP contribution in [-0.2, 0) is 18.8 Å². The Balaban J connectivity index is 1.72. The maximum absolute atomic E-state index is 12.0. The minimum atomic E-state index is -0.675. The average molecular weight is 398 g/mol. The summed E-state index contributed by atoms with van der Waals surface area (Å²) in [6.45, 7) is 2.61. The molecule has 0 atom stereocenters. The first-order valence-corrected chi connectivity index (χ1v) is 9.40. The molecule has 1 aliphatic heterocycles. The van der Waals surface area contributed by atoms with Gasteiger partial charge in [0.05, 0.1) is 12.9 Å². The zero-order valence-electron chi connectivity index (χ0n) is 15.1. The Hall–Kier alpha value is -2.99. The number of benzene rings is 1. The second-order valence-corrected chi connectivity index (χ2v) is 6.29. The molecule has 2 heterocycles. The van der Waals surface area contributed by atoms with E-state index in [0.29, 0.717) is 23.5 Å². The van der Waals surface area contributed by atoms with Crippen LogP contribution in [0.1, 0.15) is 31.1 Å². The van der Waals surface area contributed by atoms with Crippen molar-refractivity contribution in [2.75, 3.05) is 11.3 Å². The molecule has 0 saturated carbocycles. The van der Waals surface area contributed by atoms with Gasteiger partial charge in [-0.1, -0.05) is 25.5 Å². The first kappa shape index (κ1) is 19.8. The Kier molecular flexibility index (Phi) is 6.92. The number of rotatable bonds is 9. The number of carbonyl (C=O) groups excluding carboxylic acids is 1. The van der Waals surface area contributed by atoms with Crippen LogP contribution in [0.2, 0.25) is 0 Å². The lowest BCUT2D eigenvalue weighted by Gasteiger charge is -2.07. The quantitative estimate of drug-likeness (QED) is 0.160. The highest BCUT2D eigenvalue weighted by Crippen LogP contribution is 2.36. The number of nitriles is 1. The van der Waals surface area contributed by atoms with Gasteiger partial charge >= 0.3 is 5.97 Å². The molecule has 0 spiro atoms. The predicted octanol–water partition coefficient (Wildman–Crippen LogP) is 4.88. The lowest BCUT2D eigenvalue weighted by Crippen LogP contribution is -1.96. The van der Waals surface area contributed by atoms with Crippen molar-refractivity contribution < 1.29 is 23.2 Å². The van der Waals surface area contributed by atoms with Crippen LogP contribution < -0.4 is 4.72 Å². The number of cyclic esters (lactones) is 1. The maximum atomic E-state index is 12.0. The summed E-state index contributed by atoms with van der Waals surface area (Å²) in [5.74, 6) is 0.124. The zero-order valence-corrected chi connectivity index (χ0v) is 16.0. The number of furan rings is 1. The van der Waals surface area contributed by atoms with Crippen LogP contribution in [0.5, 0.6) is 0 Å². The first-order valence-electron chi connectivity index (χ1n) is 8.66. The maximum Gasteiger partial charge on any atom is 0.355 e. The molecule has 0 unspecified atom stereocenters. The molecule has 1 aromatic heterocycles. The SMILES string of the molecule is CCCCOOSNc1ccc(C2=C(C#N)C(=O)O/C2=C/c2ccco2)cc1. The van der Waals surface area contributed by atoms with Gasteiger partial charge in [-0.3, -0.25) is 0 Å². The third-order valence-corrected chi connectivity index (χ3v) is 4.31. The van der Waals surface area contributed by atoms with Crippen molar-refractivity contribution >= 4 is 35.5 Å². The summed E-state index contributed by atoms with van der Waals surface area (Å²) in [5.41, 5.74) is 1.84. The molecule has 144 valence electrons. The largest absolute Gasteiger partial charge is 0.465 e. The molecule has 0 radical (unpaired) electrons. The van der Waals surface area contributed by atoms with Gasteiger partial charge in [0.2, 0.25) is 0 Å². The molecular formula is C20H18N2O5S. The van der Waals surface area contributed by atoms with E-state index < -0.39 is 5.97 Å². The molecule has 1 N–H and O–H groups in total. The van der Waals surface area contributed by atoms with Gasteiger partial charge in [0, 0.05) is 17.3 Å². The molecular weight excluding hydrogens is 380 g/mol. The van der Waals surface area contributed by atoms with E-state index in [4.69, 9.17) is 18.4 Å². The molecule has 0 aliphatic carbocycles. The monoisotopic (exact) mass is 398 g/mol. The Bertz CT molecular complexity index is 911. The zero-order chi connectivity index (χ0) is 19.8. The van der Waals surface area contributed by atoms with Gasteiger partial charge in [-0.25, -0.2) is 9.68 Å². The van der Waals surface area contributed by atoms with Crippen molar-refractivity contribution in [2.24, 2.45) is 0 Å². The second kappa shape index (κ2) is 9.80. The second-order valence-electron chi connectivity index (χ2n) is 5.78. The fourth-order valence-electron chi connectivity index (χ4n) is 2.45. The summed E-state index contributed by atoms with van der Waals surface area (Å²) >= 11 is 0.964. The smallest absolute Gasteiger partial charge is 0.355 e. The number of nitrogens with zero attached hydrogens (tertiary/aromatic N) is 1. The third-order valence-electron chi connectivity index (χ3n) is 3.83. The number of esters is 1. The topological polar surface area (TPSA) is 93.7 Å². The highest BCUT2D eigenvalue weighted by Gasteiger charge is 2.31. The molecule has 7 nitrogen and oxygen atoms in total. The van der Waals surface area contributed by atoms with Gasteiger partial charge in [-0.15, -0.1) is 4.33 Å². The van der Waals surface area contributed by atoms with Crippen LogP contribution in [0.3, 0.4) is 0 Å². The van der Waals surface area contributed by atoms with Gasteiger partial charge in [-0.2, -0.15) is 5.26 Å². The number of hydrogen-bond acceptors (Lipinski definition) is 8. The van der Waals surface area contributed by atoms with Crippen LogP contribution in [0, 0.1) is 11.3 Å². The summed E-state index contributed by atoms with van der Waals surface area (Å²) in [6.07, 6.45) is 5.07. The van der Waals surface area contributed by atoms with Crippen LogP contribution in [-0.4, -0.2) is 12.6 Å². The lowest BCUT2D eigenvalue weighted by molar-refractivity contribution is -0.190. The van der Waals surface area contributed by atoms with Crippen LogP contribution in [0.15, 0.2) is 58.4 Å². The number of allylic oxidation sites excluding steroid dienone is 1. The summed E-state index contributed by atoms with van der Waals surface area (Å²) in [5, 5.41) is 9.37. The van der Waals surface area contributed by atoms with Crippen molar-refractivity contribution in [3.8, 4) is 6.07 Å². The van der Waals surface area contributed by atoms with E-state index in [1.807, 2.05) is 6.07 Å². The van der Waals surface area contributed by atoms with Crippen molar-refractivity contribution in [3.63, 3.8) is 0 Å². The number of ether oxygens (including phenoxy) is 1. The van der Waals surface area contributed by atoms with E-state index in [1.54, 1.807) is 42.5 Å². The fraction of sp³-hybridized carbons (Fsp3) is 0.200. The van der Waals surface area contributed by atoms with E-state index in [1.165, 1.54) is 6.26 Å². The van der Waals surface area contributed by atoms with Gasteiger partial charge in [0.25, 0.3) is 0 Å². The number of unbranched alkanes of at least 4 members (excludes halogenated alkanes) is 1. The summed E-state index contributed by atoms with van der Waals surface area (Å²) in [7, 11) is 0. The number of nitrogens with one attached hydrogen (secondary N) is 1. The number of carbonyl (C=O) groups is 1. The first-order chi connectivity index (χ1) is 13.7. The predicted molar refractivity (Wildman–Crippen MR) is 105 cm³/mol. The molecule has 2 aromatic rings. The van der Waals surface area contributed by atoms with E-state index in [9.17, 15) is 10.1 Å². The van der Waals surface area contributed by atoms with E-state index in [2.05, 4.69) is 11.6 Å². The van der Waals surface area contributed by atoms with E-state index in [-0.39, 0.29) is 11.3 Å². The van der Waals surface area contributed by atoms with Gasteiger partial charge in [0.1, 0.15) is 35.4 Å². The van der Waals surface area contributed by atoms with Crippen molar-refractivity contribution in [2.45, 2.75) is 19.8 Å². The molecule has 0 fully saturated rings. The molecule has 8 heteroatoms. The van der Waals surface area contributed by atoms with Crippen LogP contribution in [0.4, 0.5) is 5.69 Å². The summed E-state index contributed by atoms with van der Waals surface area (Å²) in [6, 6.07) is 12.5. The third kappa shape index (κ3) is 4.84. The van der Waals surface area contributed by atoms with Gasteiger partial charge in [-0.05, 0) is 36.2 Å². The van der Waals surface area contributed by atoms with Gasteiger partial charge in [0.15, 0.2) is 0 Å². The summed E-state index contributed by atoms with van der Waals surface area (Å²) < 4.78 is 18.5. The molecule has 0 amide bonds. The molecule has 1 aromatic carbocycles. The molecule has 1 aliphatic rings. The van der Waals surface area contributed by atoms with Crippen molar-refractivity contribution in [1.82, 2.24) is 0 Å². The highest BCUT2D eigenvalue weighted by molar-refractivity contribution is 7.95. The fourth-order valence-corrected chi connectivity index (χ4v) is 2.83. The van der Waals surface area contributed by atoms with Crippen LogP contribution in [0.25, 0.3) is 11.6 Å². The Morgan fingerprint density at radius 2 is 2.11 bits per heavy atom. The van der Waals surface area contributed by atoms with Crippen molar-refractivity contribution in [1.29, 1.82) is 5.26 Å². The van der Waals surface area contributed by atoms with Gasteiger partial charge < -0.3 is 13.9 Å². The normalized spacial score (nSPS) is 15.0. The van der Waals surface area contributed by atoms with Crippen LogP contribution >= 0.6 is 12.2 Å². The minimum absolute atomic E-state index is 0.0412. The number of anilines is 1. The standard InChI is InChI=1S/C20H18N2O5S/c1-2-3-11-25-27-28-22-15-8-6-14(7-9-15)19-17(13-21)20(23)26-18(19)12-16-5-4-10-24-16/h4-10,12,22H,2-3,11H2,1H3/b18-12+. The van der Waals surface area contributed by atoms with E-state index in [0.717, 1.165) is 30.8 Å².